The van der Waals surface area contributed by atoms with Crippen molar-refractivity contribution in [3.05, 3.63) is 10.7 Å². The molecule has 1 aromatic rings. The summed E-state index contributed by atoms with van der Waals surface area (Å²) < 4.78 is 0.966. The van der Waals surface area contributed by atoms with Crippen LogP contribution in [0, 0.1) is 0 Å². The van der Waals surface area contributed by atoms with Gasteiger partial charge in [0.15, 0.2) is 0 Å². The van der Waals surface area contributed by atoms with Crippen molar-refractivity contribution in [2.45, 2.75) is 26.3 Å². The van der Waals surface area contributed by atoms with E-state index in [1.54, 1.807) is 0 Å². The van der Waals surface area contributed by atoms with Crippen LogP contribution in [0.3, 0.4) is 0 Å². The van der Waals surface area contributed by atoms with Gasteiger partial charge >= 0.3 is 0 Å². The van der Waals surface area contributed by atoms with Gasteiger partial charge in [-0.05, 0) is 36.3 Å². The smallest absolute Gasteiger partial charge is 0.224 e. The van der Waals surface area contributed by atoms with Crippen LogP contribution in [0.15, 0.2) is 10.7 Å². The fourth-order valence-electron chi connectivity index (χ4n) is 2.40. The number of anilines is 2. The molecule has 1 aliphatic rings. The van der Waals surface area contributed by atoms with Gasteiger partial charge in [-0.2, -0.15) is 4.98 Å². The molecule has 2 heterocycles. The lowest BCUT2D eigenvalue weighted by Crippen LogP contribution is -2.51. The number of hydrogen-bond acceptors (Lipinski definition) is 5. The van der Waals surface area contributed by atoms with Crippen molar-refractivity contribution in [2.24, 2.45) is 0 Å². The number of hydrogen-bond donors (Lipinski definition) is 1. The minimum absolute atomic E-state index is 0.596. The minimum atomic E-state index is 0.596. The second-order valence-electron chi connectivity index (χ2n) is 4.88. The summed E-state index contributed by atoms with van der Waals surface area (Å²) in [5.74, 6) is 1.70. The molecule has 0 radical (unpaired) electrons. The predicted molar refractivity (Wildman–Crippen MR) is 82.8 cm³/mol. The van der Waals surface area contributed by atoms with Crippen molar-refractivity contribution < 1.29 is 0 Å². The number of likely N-dealkylation sites (N-methyl/N-ethyl adjacent to an activating group) is 1. The highest BCUT2D eigenvalue weighted by Gasteiger charge is 2.25. The van der Waals surface area contributed by atoms with Gasteiger partial charge < -0.3 is 10.2 Å². The quantitative estimate of drug-likeness (QED) is 0.918. The van der Waals surface area contributed by atoms with Gasteiger partial charge in [-0.3, -0.25) is 4.90 Å². The van der Waals surface area contributed by atoms with Crippen molar-refractivity contribution in [3.8, 4) is 0 Å². The summed E-state index contributed by atoms with van der Waals surface area (Å²) in [6.07, 6.45) is 3.00. The molecule has 1 fully saturated rings. The standard InChI is InChI=1S/C13H22BrN5/c1-4-10-9-19(7-6-18(10)3)12-11(14)8-16-13(17-12)15-5-2/h8,10H,4-7,9H2,1-3H3,(H,15,16,17). The van der Waals surface area contributed by atoms with Gasteiger partial charge in [-0.1, -0.05) is 6.92 Å². The van der Waals surface area contributed by atoms with Crippen LogP contribution in [-0.4, -0.2) is 54.1 Å². The molecule has 0 aromatic carbocycles. The zero-order chi connectivity index (χ0) is 13.8. The monoisotopic (exact) mass is 327 g/mol. The van der Waals surface area contributed by atoms with E-state index in [-0.39, 0.29) is 0 Å². The summed E-state index contributed by atoms with van der Waals surface area (Å²) in [6.45, 7) is 8.23. The molecule has 2 rings (SSSR count). The van der Waals surface area contributed by atoms with Gasteiger partial charge in [-0.15, -0.1) is 0 Å². The summed E-state index contributed by atoms with van der Waals surface area (Å²) in [4.78, 5) is 13.7. The lowest BCUT2D eigenvalue weighted by atomic mass is 10.1. The van der Waals surface area contributed by atoms with Crippen LogP contribution in [-0.2, 0) is 0 Å². The number of nitrogens with one attached hydrogen (secondary N) is 1. The Bertz CT molecular complexity index is 425. The van der Waals surface area contributed by atoms with Gasteiger partial charge in [0.25, 0.3) is 0 Å². The van der Waals surface area contributed by atoms with Gasteiger partial charge in [0.2, 0.25) is 5.95 Å². The van der Waals surface area contributed by atoms with Gasteiger partial charge in [0.05, 0.1) is 4.47 Å². The molecule has 0 saturated carbocycles. The maximum atomic E-state index is 4.62. The first-order chi connectivity index (χ1) is 9.15. The number of aromatic nitrogens is 2. The fraction of sp³-hybridized carbons (Fsp3) is 0.692. The Hall–Kier alpha value is -0.880. The number of halogens is 1. The zero-order valence-corrected chi connectivity index (χ0v) is 13.4. The Morgan fingerprint density at radius 1 is 1.42 bits per heavy atom. The van der Waals surface area contributed by atoms with E-state index >= 15 is 0 Å². The van der Waals surface area contributed by atoms with Crippen molar-refractivity contribution in [2.75, 3.05) is 43.4 Å². The Balaban J connectivity index is 2.18. The van der Waals surface area contributed by atoms with E-state index in [1.807, 2.05) is 13.1 Å². The number of rotatable bonds is 4. The van der Waals surface area contributed by atoms with E-state index < -0.39 is 0 Å². The molecule has 1 aliphatic heterocycles. The molecule has 0 bridgehead atoms. The summed E-state index contributed by atoms with van der Waals surface area (Å²) in [7, 11) is 2.20. The normalized spacial score (nSPS) is 20.6. The Kier molecular flexibility index (Phi) is 4.99. The first-order valence-corrected chi connectivity index (χ1v) is 7.66. The van der Waals surface area contributed by atoms with E-state index in [4.69, 9.17) is 0 Å². The van der Waals surface area contributed by atoms with Gasteiger partial charge in [0, 0.05) is 38.4 Å². The maximum absolute atomic E-state index is 4.62. The molecule has 1 N–H and O–H groups in total. The molecule has 1 aromatic heterocycles. The highest BCUT2D eigenvalue weighted by atomic mass is 79.9. The fourth-order valence-corrected chi connectivity index (χ4v) is 2.84. The molecule has 19 heavy (non-hydrogen) atoms. The Morgan fingerprint density at radius 2 is 2.21 bits per heavy atom. The van der Waals surface area contributed by atoms with Crippen LogP contribution in [0.2, 0.25) is 0 Å². The van der Waals surface area contributed by atoms with Crippen LogP contribution in [0.25, 0.3) is 0 Å². The molecule has 0 aliphatic carbocycles. The zero-order valence-electron chi connectivity index (χ0n) is 11.9. The molecule has 5 nitrogen and oxygen atoms in total. The Labute approximate surface area is 123 Å². The molecule has 106 valence electrons. The lowest BCUT2D eigenvalue weighted by molar-refractivity contribution is 0.213. The number of nitrogens with zero attached hydrogens (tertiary/aromatic N) is 4. The van der Waals surface area contributed by atoms with Crippen LogP contribution in [0.4, 0.5) is 11.8 Å². The van der Waals surface area contributed by atoms with Crippen LogP contribution in [0.5, 0.6) is 0 Å². The third-order valence-electron chi connectivity index (χ3n) is 3.61. The summed E-state index contributed by atoms with van der Waals surface area (Å²) in [5, 5.41) is 3.17. The van der Waals surface area contributed by atoms with Gasteiger partial charge in [-0.25, -0.2) is 4.98 Å². The van der Waals surface area contributed by atoms with Crippen molar-refractivity contribution in [1.82, 2.24) is 14.9 Å². The van der Waals surface area contributed by atoms with E-state index in [0.29, 0.717) is 12.0 Å². The third kappa shape index (κ3) is 3.36. The topological polar surface area (TPSA) is 44.3 Å². The van der Waals surface area contributed by atoms with Gasteiger partial charge in [0.1, 0.15) is 5.82 Å². The summed E-state index contributed by atoms with van der Waals surface area (Å²) >= 11 is 3.57. The molecule has 1 unspecified atom stereocenters. The molecule has 0 amide bonds. The summed E-state index contributed by atoms with van der Waals surface area (Å²) in [6, 6.07) is 0.596. The largest absolute Gasteiger partial charge is 0.354 e. The lowest BCUT2D eigenvalue weighted by Gasteiger charge is -2.40. The third-order valence-corrected chi connectivity index (χ3v) is 4.17. The molecule has 0 spiro atoms. The first-order valence-electron chi connectivity index (χ1n) is 6.87. The van der Waals surface area contributed by atoms with E-state index in [9.17, 15) is 0 Å². The average molecular weight is 328 g/mol. The molecule has 1 saturated heterocycles. The second kappa shape index (κ2) is 6.52. The van der Waals surface area contributed by atoms with Crippen molar-refractivity contribution >= 4 is 27.7 Å². The maximum Gasteiger partial charge on any atom is 0.224 e. The highest BCUT2D eigenvalue weighted by molar-refractivity contribution is 9.10. The second-order valence-corrected chi connectivity index (χ2v) is 5.74. The first kappa shape index (κ1) is 14.5. The van der Waals surface area contributed by atoms with Crippen LogP contribution >= 0.6 is 15.9 Å². The van der Waals surface area contributed by atoms with E-state index in [1.165, 1.54) is 0 Å². The van der Waals surface area contributed by atoms with Crippen molar-refractivity contribution in [1.29, 1.82) is 0 Å². The highest BCUT2D eigenvalue weighted by Crippen LogP contribution is 2.26. The summed E-state index contributed by atoms with van der Waals surface area (Å²) in [5.41, 5.74) is 0. The van der Waals surface area contributed by atoms with E-state index in [0.717, 1.165) is 42.9 Å². The molecule has 1 atom stereocenters. The number of piperazine rings is 1. The van der Waals surface area contributed by atoms with E-state index in [2.05, 4.69) is 55.0 Å². The molecule has 6 heteroatoms. The molecular weight excluding hydrogens is 306 g/mol. The van der Waals surface area contributed by atoms with Crippen molar-refractivity contribution in [3.63, 3.8) is 0 Å². The van der Waals surface area contributed by atoms with Crippen LogP contribution in [0.1, 0.15) is 20.3 Å². The minimum Gasteiger partial charge on any atom is -0.354 e. The predicted octanol–water partition coefficient (Wildman–Crippen LogP) is 2.20. The Morgan fingerprint density at radius 3 is 2.89 bits per heavy atom. The van der Waals surface area contributed by atoms with Crippen LogP contribution < -0.4 is 10.2 Å². The molecular formula is C13H22BrN5. The average Bonchev–Trinajstić information content (AvgIpc) is 2.42. The SMILES string of the molecule is CCNc1ncc(Br)c(N2CCN(C)C(CC)C2)n1.